The van der Waals surface area contributed by atoms with Gasteiger partial charge < -0.3 is 10.6 Å². The van der Waals surface area contributed by atoms with Gasteiger partial charge in [0.15, 0.2) is 5.65 Å². The van der Waals surface area contributed by atoms with E-state index in [2.05, 4.69) is 29.9 Å². The predicted octanol–water partition coefficient (Wildman–Crippen LogP) is 3.14. The first-order valence-electron chi connectivity index (χ1n) is 8.95. The van der Waals surface area contributed by atoms with Crippen LogP contribution >= 0.6 is 0 Å². The fraction of sp³-hybridized carbons (Fsp3) is 0.333. The average Bonchev–Trinajstić information content (AvgIpc) is 2.99. The number of terminal acetylenes is 1. The Balaban J connectivity index is 1.72. The maximum absolute atomic E-state index is 14.0. The highest BCUT2D eigenvalue weighted by atomic mass is 19.1. The molecule has 0 saturated heterocycles. The van der Waals surface area contributed by atoms with Crippen LogP contribution in [0.4, 0.5) is 15.9 Å². The third kappa shape index (κ3) is 2.84. The van der Waals surface area contributed by atoms with E-state index in [0.717, 1.165) is 17.7 Å². The van der Waals surface area contributed by atoms with Crippen molar-refractivity contribution in [1.29, 1.82) is 0 Å². The molecule has 27 heavy (non-hydrogen) atoms. The van der Waals surface area contributed by atoms with Crippen LogP contribution in [0.3, 0.4) is 0 Å². The maximum Gasteiger partial charge on any atom is 0.172 e. The monoisotopic (exact) mass is 363 g/mol. The summed E-state index contributed by atoms with van der Waals surface area (Å²) in [5.41, 5.74) is 9.21. The molecule has 1 aliphatic rings. The number of hydrogen-bond donors (Lipinski definition) is 1. The number of fused-ring (bicyclic) bond motifs is 1. The van der Waals surface area contributed by atoms with Gasteiger partial charge in [-0.1, -0.05) is 18.9 Å². The Labute approximate surface area is 158 Å². The van der Waals surface area contributed by atoms with Crippen LogP contribution in [0.15, 0.2) is 36.7 Å². The van der Waals surface area contributed by atoms with Gasteiger partial charge in [0.2, 0.25) is 0 Å². The minimum absolute atomic E-state index is 0.166. The second-order valence-corrected chi connectivity index (χ2v) is 7.55. The van der Waals surface area contributed by atoms with Crippen LogP contribution < -0.4 is 10.6 Å². The van der Waals surface area contributed by atoms with Crippen molar-refractivity contribution < 1.29 is 4.39 Å². The van der Waals surface area contributed by atoms with Crippen molar-refractivity contribution in [2.24, 2.45) is 17.6 Å². The fourth-order valence-corrected chi connectivity index (χ4v) is 3.79. The molecule has 1 aliphatic carbocycles. The van der Waals surface area contributed by atoms with Crippen LogP contribution in [-0.4, -0.2) is 27.2 Å². The van der Waals surface area contributed by atoms with E-state index in [-0.39, 0.29) is 11.4 Å². The molecule has 2 aromatic heterocycles. The molecule has 3 unspecified atom stereocenters. The molecule has 3 aromatic rings. The highest BCUT2D eigenvalue weighted by Gasteiger charge is 2.55. The number of aromatic nitrogens is 3. The molecule has 1 fully saturated rings. The second-order valence-electron chi connectivity index (χ2n) is 7.55. The van der Waals surface area contributed by atoms with E-state index in [0.29, 0.717) is 28.9 Å². The SMILES string of the molecule is C#Cc1cnn2ccc(N(C)c3cc(F)ccc3CC3C(C)C3(C)N)nc12. The summed E-state index contributed by atoms with van der Waals surface area (Å²) in [6.07, 6.45) is 9.73. The number of rotatable bonds is 4. The van der Waals surface area contributed by atoms with Crippen molar-refractivity contribution >= 4 is 17.2 Å². The van der Waals surface area contributed by atoms with Crippen LogP contribution in [0.2, 0.25) is 0 Å². The zero-order valence-electron chi connectivity index (χ0n) is 15.6. The minimum atomic E-state index is -0.283. The minimum Gasteiger partial charge on any atom is -0.329 e. The molecule has 2 heterocycles. The van der Waals surface area contributed by atoms with Crippen LogP contribution in [-0.2, 0) is 6.42 Å². The van der Waals surface area contributed by atoms with Crippen molar-refractivity contribution in [1.82, 2.24) is 14.6 Å². The lowest BCUT2D eigenvalue weighted by atomic mass is 10.0. The summed E-state index contributed by atoms with van der Waals surface area (Å²) in [5, 5.41) is 4.19. The first-order chi connectivity index (χ1) is 12.8. The Morgan fingerprint density at radius 3 is 2.81 bits per heavy atom. The van der Waals surface area contributed by atoms with E-state index in [1.54, 1.807) is 23.0 Å². The predicted molar refractivity (Wildman–Crippen MR) is 104 cm³/mol. The number of nitrogens with two attached hydrogens (primary N) is 1. The number of hydrogen-bond acceptors (Lipinski definition) is 4. The van der Waals surface area contributed by atoms with Crippen molar-refractivity contribution in [2.45, 2.75) is 25.8 Å². The van der Waals surface area contributed by atoms with Crippen molar-refractivity contribution in [2.75, 3.05) is 11.9 Å². The number of nitrogens with zero attached hydrogens (tertiary/aromatic N) is 4. The first-order valence-corrected chi connectivity index (χ1v) is 8.95. The molecule has 1 saturated carbocycles. The van der Waals surface area contributed by atoms with Gasteiger partial charge in [0.05, 0.1) is 11.8 Å². The summed E-state index contributed by atoms with van der Waals surface area (Å²) in [6, 6.07) is 6.71. The van der Waals surface area contributed by atoms with E-state index in [1.165, 1.54) is 6.07 Å². The van der Waals surface area contributed by atoms with Crippen LogP contribution in [0.25, 0.3) is 5.65 Å². The molecule has 5 nitrogen and oxygen atoms in total. The van der Waals surface area contributed by atoms with Gasteiger partial charge in [0, 0.05) is 24.5 Å². The van der Waals surface area contributed by atoms with Crippen LogP contribution in [0.1, 0.15) is 25.0 Å². The molecule has 0 radical (unpaired) electrons. The Bertz CT molecular complexity index is 1060. The van der Waals surface area contributed by atoms with Crippen molar-refractivity contribution in [3.8, 4) is 12.3 Å². The Morgan fingerprint density at radius 1 is 1.41 bits per heavy atom. The Hall–Kier alpha value is -2.91. The lowest BCUT2D eigenvalue weighted by Gasteiger charge is -2.22. The Morgan fingerprint density at radius 2 is 2.15 bits per heavy atom. The van der Waals surface area contributed by atoms with E-state index in [9.17, 15) is 4.39 Å². The third-order valence-corrected chi connectivity index (χ3v) is 5.98. The quantitative estimate of drug-likeness (QED) is 0.724. The molecule has 0 amide bonds. The molecule has 0 aliphatic heterocycles. The molecular weight excluding hydrogens is 341 g/mol. The Kier molecular flexibility index (Phi) is 3.93. The number of benzene rings is 1. The topological polar surface area (TPSA) is 59.5 Å². The van der Waals surface area contributed by atoms with Gasteiger partial charge in [0.1, 0.15) is 11.6 Å². The van der Waals surface area contributed by atoms with Crippen molar-refractivity contribution in [3.05, 3.63) is 53.6 Å². The molecule has 3 atom stereocenters. The second kappa shape index (κ2) is 6.07. The van der Waals surface area contributed by atoms with E-state index >= 15 is 0 Å². The summed E-state index contributed by atoms with van der Waals surface area (Å²) in [7, 11) is 1.88. The largest absolute Gasteiger partial charge is 0.329 e. The lowest BCUT2D eigenvalue weighted by Crippen LogP contribution is -2.22. The normalized spacial score (nSPS) is 24.0. The highest BCUT2D eigenvalue weighted by molar-refractivity contribution is 5.66. The molecule has 6 heteroatoms. The third-order valence-electron chi connectivity index (χ3n) is 5.98. The van der Waals surface area contributed by atoms with Crippen molar-refractivity contribution in [3.63, 3.8) is 0 Å². The molecule has 138 valence electrons. The van der Waals surface area contributed by atoms with Crippen LogP contribution in [0.5, 0.6) is 0 Å². The van der Waals surface area contributed by atoms with E-state index in [4.69, 9.17) is 12.2 Å². The summed E-state index contributed by atoms with van der Waals surface area (Å²) in [5.74, 6) is 3.80. The van der Waals surface area contributed by atoms with Crippen LogP contribution in [0, 0.1) is 30.0 Å². The van der Waals surface area contributed by atoms with Gasteiger partial charge in [-0.15, -0.1) is 6.42 Å². The molecular formula is C21H22FN5. The highest BCUT2D eigenvalue weighted by Crippen LogP contribution is 2.50. The maximum atomic E-state index is 14.0. The smallest absolute Gasteiger partial charge is 0.172 e. The van der Waals surface area contributed by atoms with Gasteiger partial charge in [0.25, 0.3) is 0 Å². The number of halogens is 1. The fourth-order valence-electron chi connectivity index (χ4n) is 3.79. The first kappa shape index (κ1) is 17.5. The summed E-state index contributed by atoms with van der Waals surface area (Å²) < 4.78 is 15.6. The van der Waals surface area contributed by atoms with Gasteiger partial charge in [-0.3, -0.25) is 0 Å². The molecule has 4 rings (SSSR count). The molecule has 1 aromatic carbocycles. The summed E-state index contributed by atoms with van der Waals surface area (Å²) in [6.45, 7) is 4.24. The lowest BCUT2D eigenvalue weighted by molar-refractivity contribution is 0.622. The zero-order valence-corrected chi connectivity index (χ0v) is 15.6. The van der Waals surface area contributed by atoms with Gasteiger partial charge >= 0.3 is 0 Å². The number of anilines is 2. The molecule has 0 bridgehead atoms. The summed E-state index contributed by atoms with van der Waals surface area (Å²) >= 11 is 0. The molecule has 0 spiro atoms. The zero-order chi connectivity index (χ0) is 19.3. The summed E-state index contributed by atoms with van der Waals surface area (Å²) in [4.78, 5) is 6.51. The average molecular weight is 363 g/mol. The van der Waals surface area contributed by atoms with E-state index < -0.39 is 0 Å². The standard InChI is InChI=1S/C21H22FN5/c1-5-14-12-24-27-9-8-19(25-20(14)27)26(4)18-11-16(22)7-6-15(18)10-17-13(2)21(17,3)23/h1,6-9,11-13,17H,10,23H2,2-4H3. The van der Waals surface area contributed by atoms with Gasteiger partial charge in [-0.2, -0.15) is 5.10 Å². The van der Waals surface area contributed by atoms with Gasteiger partial charge in [-0.25, -0.2) is 13.9 Å². The molecule has 2 N–H and O–H groups in total. The van der Waals surface area contributed by atoms with Gasteiger partial charge in [-0.05, 0) is 48.9 Å². The van der Waals surface area contributed by atoms with E-state index in [1.807, 2.05) is 24.1 Å².